The summed E-state index contributed by atoms with van der Waals surface area (Å²) in [6.45, 7) is 3.05. The van der Waals surface area contributed by atoms with Crippen molar-refractivity contribution in [1.29, 1.82) is 0 Å². The fourth-order valence-corrected chi connectivity index (χ4v) is 2.69. The molecule has 0 aromatic heterocycles. The minimum absolute atomic E-state index is 0.0376. The Kier molecular flexibility index (Phi) is 3.50. The van der Waals surface area contributed by atoms with Gasteiger partial charge in [-0.1, -0.05) is 12.8 Å². The smallest absolute Gasteiger partial charge is 0.242 e. The lowest BCUT2D eigenvalue weighted by molar-refractivity contribution is -0.127. The number of amides is 1. The van der Waals surface area contributed by atoms with Crippen LogP contribution < -0.4 is 11.1 Å². The molecule has 0 bridgehead atoms. The summed E-state index contributed by atoms with van der Waals surface area (Å²) in [5.74, 6) is 0.597. The molecule has 1 saturated carbocycles. The third-order valence-electron chi connectivity index (χ3n) is 3.97. The van der Waals surface area contributed by atoms with E-state index in [2.05, 4.69) is 12.2 Å². The van der Waals surface area contributed by atoms with Gasteiger partial charge in [-0.05, 0) is 32.1 Å². The molecule has 4 heteroatoms. The van der Waals surface area contributed by atoms with E-state index in [0.717, 1.165) is 0 Å². The summed E-state index contributed by atoms with van der Waals surface area (Å²) in [4.78, 5) is 12.0. The van der Waals surface area contributed by atoms with Gasteiger partial charge in [0.15, 0.2) is 0 Å². The monoisotopic (exact) mass is 226 g/mol. The standard InChI is InChI=1S/C12H22N2O2/c1-9(10-4-2-3-5-10)14-11(15)12(13)6-7-16-8-12/h9-10H,2-8,13H2,1H3,(H,14,15). The Balaban J connectivity index is 1.86. The average Bonchev–Trinajstić information content (AvgIpc) is 2.88. The zero-order valence-electron chi connectivity index (χ0n) is 10.00. The van der Waals surface area contributed by atoms with Gasteiger partial charge in [0.05, 0.1) is 6.61 Å². The fraction of sp³-hybridized carbons (Fsp3) is 0.917. The van der Waals surface area contributed by atoms with E-state index in [1.54, 1.807) is 0 Å². The first-order valence-electron chi connectivity index (χ1n) is 6.29. The van der Waals surface area contributed by atoms with E-state index in [1.807, 2.05) is 0 Å². The van der Waals surface area contributed by atoms with Gasteiger partial charge in [0.25, 0.3) is 0 Å². The maximum atomic E-state index is 12.0. The predicted molar refractivity (Wildman–Crippen MR) is 61.9 cm³/mol. The van der Waals surface area contributed by atoms with E-state index in [9.17, 15) is 4.79 Å². The molecule has 16 heavy (non-hydrogen) atoms. The highest BCUT2D eigenvalue weighted by molar-refractivity contribution is 5.86. The van der Waals surface area contributed by atoms with Crippen molar-refractivity contribution in [1.82, 2.24) is 5.32 Å². The van der Waals surface area contributed by atoms with E-state index in [4.69, 9.17) is 10.5 Å². The molecule has 0 aromatic carbocycles. The van der Waals surface area contributed by atoms with Gasteiger partial charge >= 0.3 is 0 Å². The van der Waals surface area contributed by atoms with Crippen LogP contribution in [-0.4, -0.2) is 30.7 Å². The topological polar surface area (TPSA) is 64.4 Å². The van der Waals surface area contributed by atoms with Crippen molar-refractivity contribution in [3.63, 3.8) is 0 Å². The Hall–Kier alpha value is -0.610. The number of nitrogens with one attached hydrogen (secondary N) is 1. The number of hydrogen-bond acceptors (Lipinski definition) is 3. The summed E-state index contributed by atoms with van der Waals surface area (Å²) in [7, 11) is 0. The highest BCUT2D eigenvalue weighted by Crippen LogP contribution is 2.28. The van der Waals surface area contributed by atoms with Crippen LogP contribution in [0.1, 0.15) is 39.0 Å². The van der Waals surface area contributed by atoms with Gasteiger partial charge < -0.3 is 15.8 Å². The first-order valence-corrected chi connectivity index (χ1v) is 6.29. The van der Waals surface area contributed by atoms with Gasteiger partial charge in [0.1, 0.15) is 5.54 Å². The molecule has 0 aromatic rings. The van der Waals surface area contributed by atoms with E-state index in [1.165, 1.54) is 25.7 Å². The molecular weight excluding hydrogens is 204 g/mol. The van der Waals surface area contributed by atoms with E-state index >= 15 is 0 Å². The number of carbonyl (C=O) groups excluding carboxylic acids is 1. The molecule has 2 unspecified atom stereocenters. The van der Waals surface area contributed by atoms with Crippen LogP contribution >= 0.6 is 0 Å². The van der Waals surface area contributed by atoms with Crippen molar-refractivity contribution in [3.8, 4) is 0 Å². The molecular formula is C12H22N2O2. The molecule has 1 aliphatic carbocycles. The van der Waals surface area contributed by atoms with Gasteiger partial charge in [0.2, 0.25) is 5.91 Å². The van der Waals surface area contributed by atoms with E-state index in [0.29, 0.717) is 25.6 Å². The Morgan fingerprint density at radius 3 is 2.75 bits per heavy atom. The molecule has 2 atom stereocenters. The summed E-state index contributed by atoms with van der Waals surface area (Å²) in [5.41, 5.74) is 5.23. The molecule has 2 fully saturated rings. The Bertz CT molecular complexity index is 256. The van der Waals surface area contributed by atoms with Crippen LogP contribution in [0.25, 0.3) is 0 Å². The quantitative estimate of drug-likeness (QED) is 0.748. The SMILES string of the molecule is CC(NC(=O)C1(N)CCOC1)C1CCCC1. The van der Waals surface area contributed by atoms with Crippen LogP contribution in [0.2, 0.25) is 0 Å². The molecule has 0 radical (unpaired) electrons. The second kappa shape index (κ2) is 4.72. The van der Waals surface area contributed by atoms with Crippen molar-refractivity contribution in [2.75, 3.05) is 13.2 Å². The van der Waals surface area contributed by atoms with Crippen LogP contribution in [0.3, 0.4) is 0 Å². The van der Waals surface area contributed by atoms with Crippen LogP contribution in [0, 0.1) is 5.92 Å². The zero-order chi connectivity index (χ0) is 11.6. The number of hydrogen-bond donors (Lipinski definition) is 2. The average molecular weight is 226 g/mol. The van der Waals surface area contributed by atoms with Crippen LogP contribution in [0.4, 0.5) is 0 Å². The highest BCUT2D eigenvalue weighted by atomic mass is 16.5. The van der Waals surface area contributed by atoms with Gasteiger partial charge in [-0.15, -0.1) is 0 Å². The molecule has 1 amide bonds. The maximum absolute atomic E-state index is 12.0. The Morgan fingerprint density at radius 2 is 2.19 bits per heavy atom. The van der Waals surface area contributed by atoms with Crippen molar-refractivity contribution in [2.45, 2.75) is 50.6 Å². The van der Waals surface area contributed by atoms with Crippen molar-refractivity contribution >= 4 is 5.91 Å². The molecule has 2 aliphatic rings. The summed E-state index contributed by atoms with van der Waals surface area (Å²) in [5, 5.41) is 3.06. The third kappa shape index (κ3) is 2.38. The summed E-state index contributed by atoms with van der Waals surface area (Å²) in [6.07, 6.45) is 5.69. The predicted octanol–water partition coefficient (Wildman–Crippen LogP) is 0.799. The van der Waals surface area contributed by atoms with Gasteiger partial charge in [0, 0.05) is 12.6 Å². The minimum atomic E-state index is -0.785. The maximum Gasteiger partial charge on any atom is 0.242 e. The van der Waals surface area contributed by atoms with E-state index < -0.39 is 5.54 Å². The molecule has 4 nitrogen and oxygen atoms in total. The summed E-state index contributed by atoms with van der Waals surface area (Å²) >= 11 is 0. The number of rotatable bonds is 3. The second-order valence-corrected chi connectivity index (χ2v) is 5.27. The van der Waals surface area contributed by atoms with Crippen LogP contribution in [0.15, 0.2) is 0 Å². The first-order chi connectivity index (χ1) is 7.62. The fourth-order valence-electron chi connectivity index (χ4n) is 2.69. The van der Waals surface area contributed by atoms with Crippen molar-refractivity contribution < 1.29 is 9.53 Å². The molecule has 0 spiro atoms. The van der Waals surface area contributed by atoms with Gasteiger partial charge in [-0.3, -0.25) is 4.79 Å². The zero-order valence-corrected chi connectivity index (χ0v) is 10.00. The van der Waals surface area contributed by atoms with Crippen LogP contribution in [0.5, 0.6) is 0 Å². The molecule has 92 valence electrons. The normalized spacial score (nSPS) is 32.9. The number of carbonyl (C=O) groups is 1. The number of nitrogens with two attached hydrogens (primary N) is 1. The molecule has 2 rings (SSSR count). The molecule has 1 heterocycles. The van der Waals surface area contributed by atoms with Crippen molar-refractivity contribution in [2.24, 2.45) is 11.7 Å². The van der Waals surface area contributed by atoms with Crippen molar-refractivity contribution in [3.05, 3.63) is 0 Å². The number of ether oxygens (including phenoxy) is 1. The Labute approximate surface area is 96.9 Å². The van der Waals surface area contributed by atoms with E-state index in [-0.39, 0.29) is 11.9 Å². The first kappa shape index (κ1) is 11.9. The summed E-state index contributed by atoms with van der Waals surface area (Å²) < 4.78 is 5.20. The Morgan fingerprint density at radius 1 is 1.50 bits per heavy atom. The lowest BCUT2D eigenvalue weighted by atomic mass is 9.95. The summed E-state index contributed by atoms with van der Waals surface area (Å²) in [6, 6.07) is 0.246. The lowest BCUT2D eigenvalue weighted by Gasteiger charge is -2.26. The second-order valence-electron chi connectivity index (χ2n) is 5.27. The van der Waals surface area contributed by atoms with Crippen LogP contribution in [-0.2, 0) is 9.53 Å². The largest absolute Gasteiger partial charge is 0.379 e. The molecule has 1 aliphatic heterocycles. The molecule has 3 N–H and O–H groups in total. The van der Waals surface area contributed by atoms with Gasteiger partial charge in [-0.25, -0.2) is 0 Å². The minimum Gasteiger partial charge on any atom is -0.379 e. The highest BCUT2D eigenvalue weighted by Gasteiger charge is 2.39. The lowest BCUT2D eigenvalue weighted by Crippen LogP contribution is -2.57. The molecule has 1 saturated heterocycles. The van der Waals surface area contributed by atoms with Gasteiger partial charge in [-0.2, -0.15) is 0 Å². The third-order valence-corrected chi connectivity index (χ3v) is 3.97.